The van der Waals surface area contributed by atoms with Gasteiger partial charge in [-0.2, -0.15) is 0 Å². The highest BCUT2D eigenvalue weighted by Crippen LogP contribution is 2.27. The van der Waals surface area contributed by atoms with E-state index in [-0.39, 0.29) is 0 Å². The van der Waals surface area contributed by atoms with Crippen molar-refractivity contribution in [1.29, 1.82) is 0 Å². The lowest BCUT2D eigenvalue weighted by atomic mass is 10.2. The molecule has 2 heteroatoms. The van der Waals surface area contributed by atoms with Gasteiger partial charge in [-0.3, -0.25) is 0 Å². The van der Waals surface area contributed by atoms with E-state index in [9.17, 15) is 0 Å². The number of nitrogens with zero attached hydrogens (tertiary/aromatic N) is 1. The highest BCUT2D eigenvalue weighted by Gasteiger charge is 2.19. The van der Waals surface area contributed by atoms with E-state index in [1.807, 2.05) is 0 Å². The summed E-state index contributed by atoms with van der Waals surface area (Å²) in [4.78, 5) is 0. The molecule has 0 atom stereocenters. The minimum absolute atomic E-state index is 0.406. The number of rotatable bonds is 1. The topological polar surface area (TPSA) is 4.93 Å². The largest absolute Gasteiger partial charge is 0.323 e. The molecule has 18 heavy (non-hydrogen) atoms. The van der Waals surface area contributed by atoms with Gasteiger partial charge in [-0.05, 0) is 35.9 Å². The molecule has 1 aliphatic rings. The molecular formula is C16H17NSi. The maximum absolute atomic E-state index is 2.37. The fourth-order valence-electron chi connectivity index (χ4n) is 2.72. The summed E-state index contributed by atoms with van der Waals surface area (Å²) in [5.41, 5.74) is 5.50. The van der Waals surface area contributed by atoms with Gasteiger partial charge in [-0.25, -0.2) is 0 Å². The van der Waals surface area contributed by atoms with Crippen LogP contribution >= 0.6 is 0 Å². The minimum Gasteiger partial charge on any atom is -0.323 e. The van der Waals surface area contributed by atoms with E-state index in [0.29, 0.717) is 0 Å². The van der Waals surface area contributed by atoms with Crippen molar-refractivity contribution in [3.05, 3.63) is 59.4 Å². The van der Waals surface area contributed by atoms with Gasteiger partial charge in [-0.15, -0.1) is 0 Å². The van der Waals surface area contributed by atoms with Gasteiger partial charge in [0.25, 0.3) is 0 Å². The smallest absolute Gasteiger partial charge is 0.0449 e. The molecule has 0 saturated carbocycles. The van der Waals surface area contributed by atoms with Gasteiger partial charge in [0.15, 0.2) is 0 Å². The van der Waals surface area contributed by atoms with E-state index in [4.69, 9.17) is 0 Å². The summed E-state index contributed by atoms with van der Waals surface area (Å²) in [7, 11) is -0.406. The summed E-state index contributed by atoms with van der Waals surface area (Å²) < 4.78 is 2.23. The molecular weight excluding hydrogens is 234 g/mol. The van der Waals surface area contributed by atoms with Crippen LogP contribution in [0.15, 0.2) is 48.3 Å². The molecule has 0 bridgehead atoms. The minimum atomic E-state index is -0.406. The first kappa shape index (κ1) is 11.4. The average Bonchev–Trinajstić information content (AvgIpc) is 2.85. The summed E-state index contributed by atoms with van der Waals surface area (Å²) in [5, 5.41) is 1.59. The van der Waals surface area contributed by atoms with Gasteiger partial charge in [0.1, 0.15) is 0 Å². The lowest BCUT2D eigenvalue weighted by molar-refractivity contribution is 1.08. The molecule has 0 unspecified atom stereocenters. The maximum atomic E-state index is 2.37. The van der Waals surface area contributed by atoms with Crippen LogP contribution in [0.2, 0.25) is 13.1 Å². The molecule has 0 spiro atoms. The average molecular weight is 251 g/mol. The Kier molecular flexibility index (Phi) is 2.67. The van der Waals surface area contributed by atoms with Crippen LogP contribution in [0.4, 0.5) is 0 Å². The van der Waals surface area contributed by atoms with Crippen LogP contribution in [0.3, 0.4) is 0 Å². The molecule has 1 aromatic carbocycles. The molecule has 0 amide bonds. The third-order valence-electron chi connectivity index (χ3n) is 3.45. The quantitative estimate of drug-likeness (QED) is 0.680. The lowest BCUT2D eigenvalue weighted by Gasteiger charge is -2.05. The molecule has 3 rings (SSSR count). The standard InChI is InChI=1S/C16H17NSi/c1-12-9-13-10-17(14-7-5-4-6-8-14)11-15(13)16(12)18(2)3/h4-11H,1-3H3. The van der Waals surface area contributed by atoms with Gasteiger partial charge in [0.2, 0.25) is 0 Å². The van der Waals surface area contributed by atoms with Gasteiger partial charge in [0.05, 0.1) is 0 Å². The number of para-hydroxylation sites is 1. The van der Waals surface area contributed by atoms with Crippen LogP contribution in [0.25, 0.3) is 11.8 Å². The second-order valence-electron chi connectivity index (χ2n) is 5.07. The Morgan fingerprint density at radius 1 is 1.00 bits per heavy atom. The Morgan fingerprint density at radius 3 is 2.39 bits per heavy atom. The summed E-state index contributed by atoms with van der Waals surface area (Å²) in [5.74, 6) is 0. The normalized spacial score (nSPS) is 13.5. The second kappa shape index (κ2) is 4.21. The first-order chi connectivity index (χ1) is 8.66. The predicted molar refractivity (Wildman–Crippen MR) is 81.0 cm³/mol. The van der Waals surface area contributed by atoms with Crippen molar-refractivity contribution in [1.82, 2.24) is 4.57 Å². The molecule has 1 heterocycles. The number of benzene rings is 1. The van der Waals surface area contributed by atoms with E-state index in [1.54, 1.807) is 5.17 Å². The van der Waals surface area contributed by atoms with Crippen LogP contribution in [0, 0.1) is 0 Å². The SMILES string of the molecule is CC1=Cc2cn(-c3ccccc3)cc2C1=[Si](C)C. The van der Waals surface area contributed by atoms with Crippen molar-refractivity contribution in [3.63, 3.8) is 0 Å². The van der Waals surface area contributed by atoms with Crippen molar-refractivity contribution in [2.45, 2.75) is 20.0 Å². The lowest BCUT2D eigenvalue weighted by Crippen LogP contribution is -2.09. The zero-order valence-electron chi connectivity index (χ0n) is 11.1. The van der Waals surface area contributed by atoms with Crippen LogP contribution in [-0.4, -0.2) is 18.1 Å². The first-order valence-corrected chi connectivity index (χ1v) is 8.81. The molecule has 2 aromatic rings. The van der Waals surface area contributed by atoms with Gasteiger partial charge in [0, 0.05) is 37.6 Å². The van der Waals surface area contributed by atoms with E-state index < -0.39 is 8.41 Å². The second-order valence-corrected chi connectivity index (χ2v) is 7.57. The number of allylic oxidation sites excluding steroid dienone is 1. The van der Waals surface area contributed by atoms with Crippen LogP contribution in [0.5, 0.6) is 0 Å². The molecule has 90 valence electrons. The molecule has 1 nitrogen and oxygen atoms in total. The summed E-state index contributed by atoms with van der Waals surface area (Å²) in [6.45, 7) is 6.97. The monoisotopic (exact) mass is 251 g/mol. The van der Waals surface area contributed by atoms with Gasteiger partial charge < -0.3 is 4.57 Å². The molecule has 0 fully saturated rings. The molecule has 0 N–H and O–H groups in total. The van der Waals surface area contributed by atoms with Crippen LogP contribution in [-0.2, 0) is 0 Å². The zero-order chi connectivity index (χ0) is 12.7. The highest BCUT2D eigenvalue weighted by atomic mass is 28.2. The first-order valence-electron chi connectivity index (χ1n) is 6.31. The number of fused-ring (bicyclic) bond motifs is 1. The predicted octanol–water partition coefficient (Wildman–Crippen LogP) is 3.75. The van der Waals surface area contributed by atoms with Crippen molar-refractivity contribution >= 4 is 19.7 Å². The molecule has 0 aliphatic heterocycles. The van der Waals surface area contributed by atoms with E-state index >= 15 is 0 Å². The number of hydrogen-bond acceptors (Lipinski definition) is 0. The van der Waals surface area contributed by atoms with Crippen LogP contribution in [0.1, 0.15) is 18.1 Å². The van der Waals surface area contributed by atoms with Gasteiger partial charge in [-0.1, -0.05) is 31.3 Å². The summed E-state index contributed by atoms with van der Waals surface area (Å²) in [6, 6.07) is 10.5. The van der Waals surface area contributed by atoms with E-state index in [0.717, 1.165) is 0 Å². The molecule has 1 aliphatic carbocycles. The third kappa shape index (κ3) is 1.73. The molecule has 0 saturated heterocycles. The van der Waals surface area contributed by atoms with E-state index in [1.165, 1.54) is 22.4 Å². The summed E-state index contributed by atoms with van der Waals surface area (Å²) in [6.07, 6.45) is 6.85. The Balaban J connectivity index is 2.14. The number of hydrogen-bond donors (Lipinski definition) is 0. The van der Waals surface area contributed by atoms with Crippen molar-refractivity contribution in [3.8, 4) is 5.69 Å². The third-order valence-corrected chi connectivity index (χ3v) is 5.11. The molecule has 0 radical (unpaired) electrons. The Bertz CT molecular complexity index is 656. The van der Waals surface area contributed by atoms with Gasteiger partial charge >= 0.3 is 0 Å². The fourth-order valence-corrected chi connectivity index (χ4v) is 4.33. The zero-order valence-corrected chi connectivity index (χ0v) is 12.1. The van der Waals surface area contributed by atoms with Crippen molar-refractivity contribution in [2.75, 3.05) is 0 Å². The molecule has 1 aromatic heterocycles. The van der Waals surface area contributed by atoms with Crippen LogP contribution < -0.4 is 0 Å². The Hall–Kier alpha value is -1.67. The fraction of sp³-hybridized carbons (Fsp3) is 0.188. The Labute approximate surface area is 110 Å². The van der Waals surface area contributed by atoms with Crippen molar-refractivity contribution < 1.29 is 0 Å². The highest BCUT2D eigenvalue weighted by molar-refractivity contribution is 6.75. The Morgan fingerprint density at radius 2 is 1.72 bits per heavy atom. The summed E-state index contributed by atoms with van der Waals surface area (Å²) >= 11 is 0. The maximum Gasteiger partial charge on any atom is 0.0449 e. The number of aromatic nitrogens is 1. The van der Waals surface area contributed by atoms with Crippen molar-refractivity contribution in [2.24, 2.45) is 0 Å². The van der Waals surface area contributed by atoms with E-state index in [2.05, 4.69) is 73.4 Å².